The summed E-state index contributed by atoms with van der Waals surface area (Å²) >= 11 is 12.9. The van der Waals surface area contributed by atoms with Crippen LogP contribution in [-0.4, -0.2) is 34.9 Å². The first-order valence-electron chi connectivity index (χ1n) is 5.38. The Morgan fingerprint density at radius 3 is 1.07 bits per heavy atom. The summed E-state index contributed by atoms with van der Waals surface area (Å²) in [5.41, 5.74) is 0. The van der Waals surface area contributed by atoms with E-state index in [2.05, 4.69) is 27.7 Å². The maximum atomic E-state index is 6.46. The van der Waals surface area contributed by atoms with Gasteiger partial charge in [0, 0.05) is 16.5 Å². The molecule has 0 bridgehead atoms. The van der Waals surface area contributed by atoms with E-state index in [0.717, 1.165) is 0 Å². The zero-order valence-electron chi connectivity index (χ0n) is 9.95. The zero-order chi connectivity index (χ0) is 11.1. The average Bonchev–Trinajstić information content (AvgIpc) is 2.21. The molecule has 0 aliphatic heterocycles. The molecule has 0 radical (unpaired) electrons. The van der Waals surface area contributed by atoms with Gasteiger partial charge < -0.3 is 0 Å². The molecule has 96 valence electrons. The predicted molar refractivity (Wildman–Crippen MR) is 75.3 cm³/mol. The van der Waals surface area contributed by atoms with Crippen LogP contribution in [0.2, 0.25) is 0 Å². The van der Waals surface area contributed by atoms with Gasteiger partial charge in [-0.25, -0.2) is 0 Å². The topological polar surface area (TPSA) is 0 Å². The van der Waals surface area contributed by atoms with Crippen LogP contribution in [0.5, 0.6) is 0 Å². The fourth-order valence-corrected chi connectivity index (χ4v) is 8.22. The average molecular weight is 334 g/mol. The van der Waals surface area contributed by atoms with Crippen LogP contribution in [0, 0.1) is 0 Å². The first-order valence-corrected chi connectivity index (χ1v) is 9.81. The molecular weight excluding hydrogens is 312 g/mol. The van der Waals surface area contributed by atoms with Gasteiger partial charge in [-0.3, -0.25) is 0 Å². The molecular formula is C10H22Cl2NiP2. The Morgan fingerprint density at radius 1 is 0.733 bits per heavy atom. The van der Waals surface area contributed by atoms with Gasteiger partial charge in [0.2, 0.25) is 0 Å². The van der Waals surface area contributed by atoms with E-state index in [0.29, 0.717) is 0 Å². The van der Waals surface area contributed by atoms with E-state index >= 15 is 0 Å². The van der Waals surface area contributed by atoms with Crippen molar-refractivity contribution >= 4 is 39.0 Å². The van der Waals surface area contributed by atoms with Crippen molar-refractivity contribution in [2.45, 2.75) is 37.9 Å². The maximum absolute atomic E-state index is 6.46. The van der Waals surface area contributed by atoms with Crippen molar-refractivity contribution in [3.05, 3.63) is 0 Å². The van der Waals surface area contributed by atoms with E-state index in [1.807, 2.05) is 0 Å². The maximum Gasteiger partial charge on any atom is 0.0734 e. The Kier molecular flexibility index (Phi) is 14.2. The van der Waals surface area contributed by atoms with Crippen molar-refractivity contribution in [2.75, 3.05) is 24.6 Å². The Morgan fingerprint density at radius 2 is 0.933 bits per heavy atom. The number of rotatable bonds is 7. The normalized spacial score (nSPS) is 15.2. The molecule has 0 aromatic carbocycles. The van der Waals surface area contributed by atoms with E-state index in [-0.39, 0.29) is 42.6 Å². The number of hydrogen-bond donors (Lipinski definition) is 0. The van der Waals surface area contributed by atoms with E-state index in [1.54, 1.807) is 0 Å². The van der Waals surface area contributed by atoms with Gasteiger partial charge in [-0.1, -0.05) is 43.5 Å². The SMILES string of the molecule is CCP(CC)C(Cl)C(Cl)P(CC)CC.[Ni]. The molecule has 0 saturated carbocycles. The molecule has 0 rings (SSSR count). The van der Waals surface area contributed by atoms with Gasteiger partial charge in [-0.2, -0.15) is 0 Å². The number of halogens is 2. The van der Waals surface area contributed by atoms with Gasteiger partial charge in [-0.05, 0) is 24.6 Å². The quantitative estimate of drug-likeness (QED) is 0.343. The smallest absolute Gasteiger partial charge is 0.0734 e. The predicted octanol–water partition coefficient (Wildman–Crippen LogP) is 5.16. The summed E-state index contributed by atoms with van der Waals surface area (Å²) in [5, 5.41) is 0.459. The Bertz CT molecular complexity index is 125. The van der Waals surface area contributed by atoms with Gasteiger partial charge >= 0.3 is 0 Å². The number of alkyl halides is 2. The second kappa shape index (κ2) is 11.0. The molecule has 0 fully saturated rings. The Labute approximate surface area is 118 Å². The molecule has 5 heteroatoms. The monoisotopic (exact) mass is 332 g/mol. The molecule has 0 aliphatic carbocycles. The summed E-state index contributed by atoms with van der Waals surface area (Å²) in [6.45, 7) is 8.92. The van der Waals surface area contributed by atoms with Gasteiger partial charge in [0.25, 0.3) is 0 Å². The molecule has 0 aliphatic rings. The minimum atomic E-state index is -0.0510. The molecule has 2 unspecified atom stereocenters. The van der Waals surface area contributed by atoms with Crippen LogP contribution in [0.1, 0.15) is 27.7 Å². The summed E-state index contributed by atoms with van der Waals surface area (Å²) in [4.78, 5) is 0. The number of hydrogen-bond acceptors (Lipinski definition) is 0. The van der Waals surface area contributed by atoms with E-state index < -0.39 is 0 Å². The second-order valence-electron chi connectivity index (χ2n) is 3.19. The molecule has 2 atom stereocenters. The molecule has 0 N–H and O–H groups in total. The van der Waals surface area contributed by atoms with Crippen molar-refractivity contribution in [3.63, 3.8) is 0 Å². The van der Waals surface area contributed by atoms with Gasteiger partial charge in [0.1, 0.15) is 0 Å². The van der Waals surface area contributed by atoms with Crippen molar-refractivity contribution in [1.29, 1.82) is 0 Å². The van der Waals surface area contributed by atoms with Crippen molar-refractivity contribution < 1.29 is 16.5 Å². The largest absolute Gasteiger partial charge is 0.116 e. The summed E-state index contributed by atoms with van der Waals surface area (Å²) in [6.07, 6.45) is 4.83. The van der Waals surface area contributed by atoms with Gasteiger partial charge in [-0.15, -0.1) is 23.2 Å². The molecule has 15 heavy (non-hydrogen) atoms. The van der Waals surface area contributed by atoms with Crippen molar-refractivity contribution in [2.24, 2.45) is 0 Å². The molecule has 0 nitrogen and oxygen atoms in total. The first-order chi connectivity index (χ1) is 6.62. The van der Waals surface area contributed by atoms with Crippen LogP contribution >= 0.6 is 39.0 Å². The Hall–Kier alpha value is 1.93. The first kappa shape index (κ1) is 19.3. The van der Waals surface area contributed by atoms with Crippen molar-refractivity contribution in [3.8, 4) is 0 Å². The molecule has 0 aromatic rings. The van der Waals surface area contributed by atoms with E-state index in [1.165, 1.54) is 24.6 Å². The zero-order valence-corrected chi connectivity index (χ0v) is 14.2. The van der Waals surface area contributed by atoms with Crippen LogP contribution in [0.3, 0.4) is 0 Å². The second-order valence-corrected chi connectivity index (χ2v) is 10.7. The van der Waals surface area contributed by atoms with Gasteiger partial charge in [0.05, 0.1) is 10.2 Å². The Balaban J connectivity index is 0. The van der Waals surface area contributed by atoms with Crippen LogP contribution < -0.4 is 0 Å². The van der Waals surface area contributed by atoms with Gasteiger partial charge in [0.15, 0.2) is 0 Å². The van der Waals surface area contributed by atoms with E-state index in [9.17, 15) is 0 Å². The molecule has 0 aromatic heterocycles. The fourth-order valence-electron chi connectivity index (χ4n) is 1.49. The third-order valence-corrected chi connectivity index (χ3v) is 10.7. The molecule has 0 saturated heterocycles. The van der Waals surface area contributed by atoms with Crippen LogP contribution in [0.4, 0.5) is 0 Å². The standard InChI is InChI=1S/C10H22Cl2P2.Ni/c1-5-13(6-2)9(11)10(12)14(7-3)8-4;/h9-10H,5-8H2,1-4H3;. The van der Waals surface area contributed by atoms with Crippen LogP contribution in [-0.2, 0) is 16.5 Å². The minimum Gasteiger partial charge on any atom is -0.116 e. The summed E-state index contributed by atoms with van der Waals surface area (Å²) < 4.78 is 0. The summed E-state index contributed by atoms with van der Waals surface area (Å²) in [6, 6.07) is 0. The third-order valence-electron chi connectivity index (χ3n) is 2.55. The third kappa shape index (κ3) is 6.43. The molecule has 0 spiro atoms. The molecule has 0 amide bonds. The summed E-state index contributed by atoms with van der Waals surface area (Å²) in [7, 11) is -0.102. The molecule has 0 heterocycles. The minimum absolute atomic E-state index is 0. The van der Waals surface area contributed by atoms with E-state index in [4.69, 9.17) is 23.2 Å². The van der Waals surface area contributed by atoms with Crippen molar-refractivity contribution in [1.82, 2.24) is 0 Å². The van der Waals surface area contributed by atoms with Crippen LogP contribution in [0.25, 0.3) is 0 Å². The van der Waals surface area contributed by atoms with Crippen LogP contribution in [0.15, 0.2) is 0 Å². The fraction of sp³-hybridized carbons (Fsp3) is 1.00. The summed E-state index contributed by atoms with van der Waals surface area (Å²) in [5.74, 6) is 0.